The Kier molecular flexibility index (Phi) is 4.99. The Bertz CT molecular complexity index is 530. The van der Waals surface area contributed by atoms with Crippen molar-refractivity contribution in [2.45, 2.75) is 12.5 Å². The molecule has 1 heterocycles. The number of rotatable bonds is 6. The number of aliphatic carboxylic acids is 1. The van der Waals surface area contributed by atoms with Crippen LogP contribution in [0, 0.1) is 0 Å². The molecule has 0 aromatic heterocycles. The third-order valence-electron chi connectivity index (χ3n) is 3.02. The molecule has 0 spiro atoms. The molecule has 7 nitrogen and oxygen atoms in total. The highest BCUT2D eigenvalue weighted by Gasteiger charge is 2.18. The quantitative estimate of drug-likeness (QED) is 0.779. The standard InChI is InChI=1S/C14H17NO6/c1-19-12(14(17)18)8-15-13(16)7-9-2-3-10-11(6-9)21-5-4-20-10/h2-3,6,12H,4-5,7-8H2,1H3,(H,15,16)(H,17,18). The number of hydrogen-bond donors (Lipinski definition) is 2. The Hall–Kier alpha value is -2.28. The minimum absolute atomic E-state index is 0.0742. The zero-order valence-electron chi connectivity index (χ0n) is 11.6. The van der Waals surface area contributed by atoms with E-state index in [0.717, 1.165) is 5.56 Å². The van der Waals surface area contributed by atoms with Gasteiger partial charge in [-0.2, -0.15) is 0 Å². The van der Waals surface area contributed by atoms with E-state index in [1.165, 1.54) is 7.11 Å². The van der Waals surface area contributed by atoms with Crippen LogP contribution in [0.2, 0.25) is 0 Å². The number of carboxylic acids is 1. The van der Waals surface area contributed by atoms with Crippen molar-refractivity contribution < 1.29 is 28.9 Å². The van der Waals surface area contributed by atoms with Gasteiger partial charge in [-0.25, -0.2) is 4.79 Å². The van der Waals surface area contributed by atoms with E-state index in [-0.39, 0.29) is 18.9 Å². The van der Waals surface area contributed by atoms with Gasteiger partial charge < -0.3 is 24.6 Å². The Balaban J connectivity index is 1.89. The molecule has 1 aromatic rings. The highest BCUT2D eigenvalue weighted by molar-refractivity contribution is 5.80. The number of carbonyl (C=O) groups excluding carboxylic acids is 1. The van der Waals surface area contributed by atoms with Crippen molar-refractivity contribution in [1.82, 2.24) is 5.32 Å². The second kappa shape index (κ2) is 6.94. The summed E-state index contributed by atoms with van der Waals surface area (Å²) in [7, 11) is 1.28. The lowest BCUT2D eigenvalue weighted by molar-refractivity contribution is -0.148. The van der Waals surface area contributed by atoms with Crippen LogP contribution in [0.25, 0.3) is 0 Å². The minimum atomic E-state index is -1.11. The van der Waals surface area contributed by atoms with Crippen LogP contribution in [-0.4, -0.2) is 50.0 Å². The number of methoxy groups -OCH3 is 1. The van der Waals surface area contributed by atoms with Crippen LogP contribution in [0.1, 0.15) is 5.56 Å². The number of hydrogen-bond acceptors (Lipinski definition) is 5. The number of fused-ring (bicyclic) bond motifs is 1. The van der Waals surface area contributed by atoms with Gasteiger partial charge in [-0.3, -0.25) is 4.79 Å². The number of benzene rings is 1. The average molecular weight is 295 g/mol. The molecule has 0 radical (unpaired) electrons. The van der Waals surface area contributed by atoms with Gasteiger partial charge in [0.05, 0.1) is 13.0 Å². The van der Waals surface area contributed by atoms with Crippen LogP contribution in [0.5, 0.6) is 11.5 Å². The number of ether oxygens (including phenoxy) is 3. The summed E-state index contributed by atoms with van der Waals surface area (Å²) >= 11 is 0. The fourth-order valence-electron chi connectivity index (χ4n) is 1.92. The van der Waals surface area contributed by atoms with E-state index in [9.17, 15) is 9.59 Å². The van der Waals surface area contributed by atoms with Crippen LogP contribution in [-0.2, 0) is 20.7 Å². The summed E-state index contributed by atoms with van der Waals surface area (Å²) in [5.74, 6) is -0.116. The second-order valence-corrected chi connectivity index (χ2v) is 4.52. The molecule has 2 N–H and O–H groups in total. The fourth-order valence-corrected chi connectivity index (χ4v) is 1.92. The average Bonchev–Trinajstić information content (AvgIpc) is 2.47. The first-order valence-electron chi connectivity index (χ1n) is 6.51. The normalized spacial score (nSPS) is 14.3. The summed E-state index contributed by atoms with van der Waals surface area (Å²) in [5, 5.41) is 11.3. The van der Waals surface area contributed by atoms with Crippen LogP contribution in [0.15, 0.2) is 18.2 Å². The number of nitrogens with one attached hydrogen (secondary N) is 1. The molecule has 114 valence electrons. The van der Waals surface area contributed by atoms with Crippen LogP contribution >= 0.6 is 0 Å². The molecule has 0 saturated heterocycles. The number of carbonyl (C=O) groups is 2. The van der Waals surface area contributed by atoms with Gasteiger partial charge in [-0.15, -0.1) is 0 Å². The van der Waals surface area contributed by atoms with Crippen LogP contribution in [0.4, 0.5) is 0 Å². The lowest BCUT2D eigenvalue weighted by atomic mass is 10.1. The van der Waals surface area contributed by atoms with Crippen molar-refractivity contribution in [2.24, 2.45) is 0 Å². The van der Waals surface area contributed by atoms with Gasteiger partial charge in [-0.05, 0) is 17.7 Å². The summed E-state index contributed by atoms with van der Waals surface area (Å²) in [4.78, 5) is 22.5. The SMILES string of the molecule is COC(CNC(=O)Cc1ccc2c(c1)OCCO2)C(=O)O. The van der Waals surface area contributed by atoms with E-state index < -0.39 is 12.1 Å². The highest BCUT2D eigenvalue weighted by atomic mass is 16.6. The molecular weight excluding hydrogens is 278 g/mol. The Morgan fingerprint density at radius 2 is 2.05 bits per heavy atom. The molecule has 1 aliphatic heterocycles. The Morgan fingerprint density at radius 3 is 2.71 bits per heavy atom. The van der Waals surface area contributed by atoms with E-state index in [0.29, 0.717) is 24.7 Å². The van der Waals surface area contributed by atoms with Crippen LogP contribution < -0.4 is 14.8 Å². The van der Waals surface area contributed by atoms with Crippen LogP contribution in [0.3, 0.4) is 0 Å². The van der Waals surface area contributed by atoms with Gasteiger partial charge in [0.15, 0.2) is 17.6 Å². The summed E-state index contributed by atoms with van der Waals surface area (Å²) in [6, 6.07) is 5.28. The lowest BCUT2D eigenvalue weighted by Gasteiger charge is -2.18. The molecule has 21 heavy (non-hydrogen) atoms. The van der Waals surface area contributed by atoms with Crippen molar-refractivity contribution in [3.8, 4) is 11.5 Å². The topological polar surface area (TPSA) is 94.1 Å². The molecule has 1 aromatic carbocycles. The van der Waals surface area contributed by atoms with Crippen molar-refractivity contribution >= 4 is 11.9 Å². The Morgan fingerprint density at radius 1 is 1.33 bits per heavy atom. The lowest BCUT2D eigenvalue weighted by Crippen LogP contribution is -2.38. The molecule has 7 heteroatoms. The van der Waals surface area contributed by atoms with E-state index >= 15 is 0 Å². The maximum atomic E-state index is 11.8. The molecule has 1 amide bonds. The monoisotopic (exact) mass is 295 g/mol. The maximum absolute atomic E-state index is 11.8. The van der Waals surface area contributed by atoms with Crippen molar-refractivity contribution in [1.29, 1.82) is 0 Å². The zero-order valence-corrected chi connectivity index (χ0v) is 11.6. The van der Waals surface area contributed by atoms with Gasteiger partial charge in [0.25, 0.3) is 0 Å². The van der Waals surface area contributed by atoms with Gasteiger partial charge in [0.2, 0.25) is 5.91 Å². The van der Waals surface area contributed by atoms with E-state index in [1.807, 2.05) is 0 Å². The number of carboxylic acid groups (broad SMARTS) is 1. The van der Waals surface area contributed by atoms with Gasteiger partial charge in [0, 0.05) is 7.11 Å². The zero-order chi connectivity index (χ0) is 15.2. The van der Waals surface area contributed by atoms with Crippen molar-refractivity contribution in [3.05, 3.63) is 23.8 Å². The van der Waals surface area contributed by atoms with Gasteiger partial charge >= 0.3 is 5.97 Å². The summed E-state index contributed by atoms with van der Waals surface area (Å²) < 4.78 is 15.6. The van der Waals surface area contributed by atoms with Gasteiger partial charge in [-0.1, -0.05) is 6.07 Å². The molecular formula is C14H17NO6. The van der Waals surface area contributed by atoms with E-state index in [4.69, 9.17) is 19.3 Å². The first-order chi connectivity index (χ1) is 10.1. The largest absolute Gasteiger partial charge is 0.486 e. The first-order valence-corrected chi connectivity index (χ1v) is 6.51. The molecule has 1 aliphatic rings. The maximum Gasteiger partial charge on any atom is 0.334 e. The van der Waals surface area contributed by atoms with Gasteiger partial charge in [0.1, 0.15) is 13.2 Å². The minimum Gasteiger partial charge on any atom is -0.486 e. The molecule has 0 bridgehead atoms. The first kappa shape index (κ1) is 15.1. The molecule has 0 aliphatic carbocycles. The molecule has 1 unspecified atom stereocenters. The molecule has 0 fully saturated rings. The van der Waals surface area contributed by atoms with Crippen molar-refractivity contribution in [3.63, 3.8) is 0 Å². The predicted molar refractivity (Wildman–Crippen MR) is 72.6 cm³/mol. The number of amides is 1. The smallest absolute Gasteiger partial charge is 0.334 e. The molecule has 0 saturated carbocycles. The second-order valence-electron chi connectivity index (χ2n) is 4.52. The predicted octanol–water partition coefficient (Wildman–Crippen LogP) is 0.216. The third kappa shape index (κ3) is 4.09. The summed E-state index contributed by atoms with van der Waals surface area (Å²) in [6.07, 6.45) is -0.915. The highest BCUT2D eigenvalue weighted by Crippen LogP contribution is 2.30. The summed E-state index contributed by atoms with van der Waals surface area (Å²) in [5.41, 5.74) is 0.765. The molecule has 2 rings (SSSR count). The van der Waals surface area contributed by atoms with E-state index in [1.54, 1.807) is 18.2 Å². The van der Waals surface area contributed by atoms with E-state index in [2.05, 4.69) is 5.32 Å². The Labute approximate surface area is 121 Å². The fraction of sp³-hybridized carbons (Fsp3) is 0.429. The third-order valence-corrected chi connectivity index (χ3v) is 3.02. The molecule has 1 atom stereocenters. The summed E-state index contributed by atoms with van der Waals surface area (Å²) in [6.45, 7) is 0.923. The van der Waals surface area contributed by atoms with Crippen molar-refractivity contribution in [2.75, 3.05) is 26.9 Å².